The van der Waals surface area contributed by atoms with Gasteiger partial charge in [0.15, 0.2) is 0 Å². The van der Waals surface area contributed by atoms with Crippen LogP contribution in [0.2, 0.25) is 0 Å². The average Bonchev–Trinajstić information content (AvgIpc) is 1.19. The van der Waals surface area contributed by atoms with E-state index in [4.69, 9.17) is 34.2 Å². The number of carbonyl (C=O) groups is 1. The van der Waals surface area contributed by atoms with Gasteiger partial charge in [-0.3, -0.25) is 0 Å². The van der Waals surface area contributed by atoms with E-state index in [1.165, 1.54) is 0 Å². The summed E-state index contributed by atoms with van der Waals surface area (Å²) >= 11 is 0. The Balaban J connectivity index is -0.0000000221. The summed E-state index contributed by atoms with van der Waals surface area (Å²) in [6, 6.07) is 0. The van der Waals surface area contributed by atoms with Crippen LogP contribution in [0.1, 0.15) is 0 Å². The monoisotopic (exact) mass is 236 g/mol. The Morgan fingerprint density at radius 1 is 1.17 bits per heavy atom. The number of rotatable bonds is 0. The maximum Gasteiger partial charge on any atom is 2.00 e. The van der Waals surface area contributed by atoms with Crippen molar-refractivity contribution in [2.45, 2.75) is 0 Å². The number of carboxylic acid groups (broad SMARTS) is 2. The number of carbonyl (C=O) groups excluding carboxylic acids is 1. The van der Waals surface area contributed by atoms with Crippen molar-refractivity contribution in [3.8, 4) is 0 Å². The minimum atomic E-state index is -5.11. The zero-order valence-corrected chi connectivity index (χ0v) is 10.5. The maximum atomic E-state index is 8.80. The molecule has 0 fully saturated rings. The van der Waals surface area contributed by atoms with Crippen molar-refractivity contribution in [2.24, 2.45) is 0 Å². The Labute approximate surface area is 114 Å². The predicted octanol–water partition coefficient (Wildman–Crippen LogP) is -7.91. The van der Waals surface area contributed by atoms with Gasteiger partial charge in [0.05, 0.1) is 0 Å². The van der Waals surface area contributed by atoms with Crippen molar-refractivity contribution in [2.75, 3.05) is 0 Å². The molecule has 64 valence electrons. The molecule has 0 saturated carbocycles. The van der Waals surface area contributed by atoms with E-state index in [1.54, 1.807) is 0 Å². The molecule has 0 aliphatic carbocycles. The summed E-state index contributed by atoms with van der Waals surface area (Å²) in [7, 11) is -5.11. The van der Waals surface area contributed by atoms with E-state index in [2.05, 4.69) is 0 Å². The fourth-order valence-corrected chi connectivity index (χ4v) is 0. The van der Waals surface area contributed by atoms with Crippen LogP contribution in [0.25, 0.3) is 0 Å². The average molecular weight is 237 g/mol. The summed E-state index contributed by atoms with van der Waals surface area (Å²) in [5.74, 6) is 0. The second kappa shape index (κ2) is 14.8. The van der Waals surface area contributed by atoms with Crippen molar-refractivity contribution in [3.63, 3.8) is 0 Å². The Bertz CT molecular complexity index is 81.5. The van der Waals surface area contributed by atoms with Gasteiger partial charge >= 0.3 is 60.8 Å². The molecule has 11 heteroatoms. The standard InChI is InChI=1S/CH2O3.Ca.Mg.H2O4Si.H2O/c2-1(3)4;;;1-5(2,3)4;/h(H2,2,3,4);;;1-2H;1H2/q;2*+2;-2;/p-2. The number of hydrogen-bond acceptors (Lipinski definition) is 7. The SMILES string of the molecule is O.O=C([O-])[O-].[Ca+2].[Mg+2].[O-][Si]([O-])(O)O. The molecule has 0 amide bonds. The molecule has 0 heterocycles. The van der Waals surface area contributed by atoms with Gasteiger partial charge in [-0.25, -0.2) is 0 Å². The van der Waals surface area contributed by atoms with Crippen molar-refractivity contribution in [3.05, 3.63) is 0 Å². The summed E-state index contributed by atoms with van der Waals surface area (Å²) in [4.78, 5) is 40.1. The van der Waals surface area contributed by atoms with Crippen LogP contribution >= 0.6 is 0 Å². The van der Waals surface area contributed by atoms with Crippen LogP contribution in [0.5, 0.6) is 0 Å². The second-order valence-corrected chi connectivity index (χ2v) is 1.90. The summed E-state index contributed by atoms with van der Waals surface area (Å²) in [5, 5.41) is 16.7. The quantitative estimate of drug-likeness (QED) is 0.391. The van der Waals surface area contributed by atoms with Crippen LogP contribution in [-0.4, -0.2) is 91.1 Å². The van der Waals surface area contributed by atoms with Gasteiger partial charge in [0.2, 0.25) is 0 Å². The Morgan fingerprint density at radius 2 is 1.17 bits per heavy atom. The third kappa shape index (κ3) is 698. The largest absolute Gasteiger partial charge is 2.00 e. The van der Waals surface area contributed by atoms with Crippen LogP contribution in [0.3, 0.4) is 0 Å². The number of hydrogen-bond donors (Lipinski definition) is 2. The van der Waals surface area contributed by atoms with Crippen LogP contribution in [-0.2, 0) is 0 Å². The Morgan fingerprint density at radius 3 is 1.17 bits per heavy atom. The van der Waals surface area contributed by atoms with Gasteiger partial charge in [-0.1, -0.05) is 0 Å². The summed E-state index contributed by atoms with van der Waals surface area (Å²) in [6.07, 6.45) is -2.33. The molecule has 0 rings (SSSR count). The summed E-state index contributed by atoms with van der Waals surface area (Å²) in [6.45, 7) is 0. The van der Waals surface area contributed by atoms with E-state index in [-0.39, 0.29) is 66.3 Å². The maximum absolute atomic E-state index is 8.80. The fourth-order valence-electron chi connectivity index (χ4n) is 0. The Kier molecular flexibility index (Phi) is 36.1. The molecule has 0 atom stereocenters. The fraction of sp³-hybridized carbons (Fsp3) is 0. The zero-order chi connectivity index (χ0) is 8.08. The predicted molar refractivity (Wildman–Crippen MR) is 30.7 cm³/mol. The molecule has 12 heavy (non-hydrogen) atoms. The van der Waals surface area contributed by atoms with Gasteiger partial charge < -0.3 is 39.7 Å². The van der Waals surface area contributed by atoms with Gasteiger partial charge in [-0.2, -0.15) is 0 Å². The molecule has 0 radical (unpaired) electrons. The third-order valence-electron chi connectivity index (χ3n) is 0. The molecule has 0 spiro atoms. The van der Waals surface area contributed by atoms with Gasteiger partial charge in [0.1, 0.15) is 9.05 Å². The molecular weight excluding hydrogens is 232 g/mol. The van der Waals surface area contributed by atoms with Gasteiger partial charge in [0, 0.05) is 0 Å². The Hall–Kier alpha value is 1.31. The van der Waals surface area contributed by atoms with Gasteiger partial charge in [0.25, 0.3) is 0 Å². The van der Waals surface area contributed by atoms with E-state index in [0.29, 0.717) is 0 Å². The molecule has 0 aromatic carbocycles. The van der Waals surface area contributed by atoms with Crippen molar-refractivity contribution in [1.82, 2.24) is 0 Å². The first-order valence-corrected chi connectivity index (χ1v) is 3.18. The van der Waals surface area contributed by atoms with E-state index in [1.807, 2.05) is 0 Å². The smallest absolute Gasteiger partial charge is 0.828 e. The first-order chi connectivity index (χ1) is 3.73. The molecule has 0 unspecified atom stereocenters. The van der Waals surface area contributed by atoms with Crippen molar-refractivity contribution < 1.29 is 39.7 Å². The molecule has 0 saturated heterocycles. The van der Waals surface area contributed by atoms with E-state index in [9.17, 15) is 0 Å². The molecule has 0 bridgehead atoms. The van der Waals surface area contributed by atoms with E-state index >= 15 is 0 Å². The van der Waals surface area contributed by atoms with Crippen LogP contribution in [0.15, 0.2) is 0 Å². The van der Waals surface area contributed by atoms with Gasteiger partial charge in [-0.05, 0) is 6.16 Å². The first kappa shape index (κ1) is 29.2. The van der Waals surface area contributed by atoms with Gasteiger partial charge in [-0.15, -0.1) is 0 Å². The van der Waals surface area contributed by atoms with Crippen LogP contribution in [0.4, 0.5) is 4.79 Å². The van der Waals surface area contributed by atoms with Crippen molar-refractivity contribution in [1.29, 1.82) is 0 Å². The summed E-state index contributed by atoms with van der Waals surface area (Å²) < 4.78 is 0. The first-order valence-electron chi connectivity index (χ1n) is 1.47. The second-order valence-electron chi connectivity index (χ2n) is 0.798. The molecule has 0 aliphatic heterocycles. The minimum absolute atomic E-state index is 0. The van der Waals surface area contributed by atoms with E-state index in [0.717, 1.165) is 0 Å². The van der Waals surface area contributed by atoms with Crippen LogP contribution < -0.4 is 19.8 Å². The molecule has 0 aromatic rings. The topological polar surface area (TPSA) is 181 Å². The molecule has 4 N–H and O–H groups in total. The minimum Gasteiger partial charge on any atom is -0.828 e. The summed E-state index contributed by atoms with van der Waals surface area (Å²) in [5.41, 5.74) is 0. The van der Waals surface area contributed by atoms with Crippen LogP contribution in [0, 0.1) is 0 Å². The molecule has 0 aliphatic rings. The third-order valence-corrected chi connectivity index (χ3v) is 0. The van der Waals surface area contributed by atoms with E-state index < -0.39 is 15.2 Å². The van der Waals surface area contributed by atoms with Crippen molar-refractivity contribution >= 4 is 76.0 Å². The molecular formula is CH4CaMgO8Si. The zero-order valence-electron chi connectivity index (χ0n) is 5.85. The normalized spacial score (nSPS) is 7.00. The molecule has 8 nitrogen and oxygen atoms in total. The molecule has 0 aromatic heterocycles.